The topological polar surface area (TPSA) is 119 Å². The average Bonchev–Trinajstić information content (AvgIpc) is 3.51. The van der Waals surface area contributed by atoms with Crippen molar-refractivity contribution >= 4 is 11.8 Å². The van der Waals surface area contributed by atoms with Gasteiger partial charge in [-0.1, -0.05) is 32.9 Å². The fraction of sp³-hybridized carbons (Fsp3) is 0.522. The van der Waals surface area contributed by atoms with Gasteiger partial charge in [0.05, 0.1) is 17.9 Å². The number of nitrogens with one attached hydrogen (secondary N) is 1. The molecule has 0 fully saturated rings. The standard InChI is InChI=1S/C23H30N6O4/c1-14(2)11-17-12-18(27-33-17)23(31)28-7-5-19-25-26-21(29(19)9-8-28)20(15(3)4)24-22(30)16-6-10-32-13-16/h6,10,12-15,20H,5,7-9,11H2,1-4H3,(H,24,30)/t20-/m1/s1. The first-order valence-electron chi connectivity index (χ1n) is 11.3. The summed E-state index contributed by atoms with van der Waals surface area (Å²) in [5, 5.41) is 15.8. The molecule has 0 radical (unpaired) electrons. The fourth-order valence-electron chi connectivity index (χ4n) is 4.00. The first-order chi connectivity index (χ1) is 15.8. The van der Waals surface area contributed by atoms with Crippen molar-refractivity contribution in [3.05, 3.63) is 53.3 Å². The molecule has 33 heavy (non-hydrogen) atoms. The van der Waals surface area contributed by atoms with E-state index in [2.05, 4.69) is 34.5 Å². The van der Waals surface area contributed by atoms with Gasteiger partial charge in [-0.05, 0) is 17.9 Å². The number of carbonyl (C=O) groups is 2. The van der Waals surface area contributed by atoms with E-state index < -0.39 is 0 Å². The number of rotatable bonds is 7. The van der Waals surface area contributed by atoms with Crippen LogP contribution in [0.2, 0.25) is 0 Å². The molecule has 0 saturated carbocycles. The van der Waals surface area contributed by atoms with Crippen molar-refractivity contribution in [2.24, 2.45) is 11.8 Å². The van der Waals surface area contributed by atoms with Crippen LogP contribution in [0.1, 0.15) is 72.0 Å². The highest BCUT2D eigenvalue weighted by Gasteiger charge is 2.29. The molecule has 3 aromatic heterocycles. The minimum atomic E-state index is -0.329. The van der Waals surface area contributed by atoms with Crippen LogP contribution in [0.3, 0.4) is 0 Å². The number of hydrogen-bond donors (Lipinski definition) is 1. The second kappa shape index (κ2) is 9.60. The molecule has 1 atom stereocenters. The summed E-state index contributed by atoms with van der Waals surface area (Å²) in [6, 6.07) is 3.03. The maximum atomic E-state index is 13.0. The minimum Gasteiger partial charge on any atom is -0.472 e. The lowest BCUT2D eigenvalue weighted by molar-refractivity contribution is 0.0748. The van der Waals surface area contributed by atoms with Crippen molar-refractivity contribution in [2.75, 3.05) is 13.1 Å². The van der Waals surface area contributed by atoms with E-state index in [-0.39, 0.29) is 23.8 Å². The quantitative estimate of drug-likeness (QED) is 0.583. The van der Waals surface area contributed by atoms with Crippen LogP contribution in [0.5, 0.6) is 0 Å². The minimum absolute atomic E-state index is 0.0876. The Bertz CT molecular complexity index is 1100. The van der Waals surface area contributed by atoms with Gasteiger partial charge >= 0.3 is 0 Å². The van der Waals surface area contributed by atoms with Crippen LogP contribution in [0.4, 0.5) is 0 Å². The summed E-state index contributed by atoms with van der Waals surface area (Å²) in [5.74, 6) is 2.33. The third kappa shape index (κ3) is 4.99. The average molecular weight is 455 g/mol. The zero-order valence-corrected chi connectivity index (χ0v) is 19.4. The molecule has 1 N–H and O–H groups in total. The van der Waals surface area contributed by atoms with Crippen LogP contribution >= 0.6 is 0 Å². The lowest BCUT2D eigenvalue weighted by Gasteiger charge is -2.23. The van der Waals surface area contributed by atoms with E-state index in [1.807, 2.05) is 18.4 Å². The maximum absolute atomic E-state index is 13.0. The van der Waals surface area contributed by atoms with Crippen LogP contribution in [0, 0.1) is 11.8 Å². The Balaban J connectivity index is 1.48. The molecule has 4 heterocycles. The van der Waals surface area contributed by atoms with Gasteiger partial charge in [-0.15, -0.1) is 10.2 Å². The molecule has 176 valence electrons. The Hall–Kier alpha value is -3.43. The van der Waals surface area contributed by atoms with Gasteiger partial charge in [-0.25, -0.2) is 0 Å². The van der Waals surface area contributed by atoms with Crippen molar-refractivity contribution in [3.63, 3.8) is 0 Å². The van der Waals surface area contributed by atoms with Gasteiger partial charge < -0.3 is 23.7 Å². The molecule has 4 rings (SSSR count). The van der Waals surface area contributed by atoms with Crippen molar-refractivity contribution in [2.45, 2.75) is 53.1 Å². The molecule has 0 bridgehead atoms. The van der Waals surface area contributed by atoms with Crippen LogP contribution in [-0.2, 0) is 19.4 Å². The van der Waals surface area contributed by atoms with Gasteiger partial charge in [-0.3, -0.25) is 9.59 Å². The van der Waals surface area contributed by atoms with Crippen LogP contribution in [0.15, 0.2) is 33.6 Å². The molecule has 0 unspecified atom stereocenters. The molecular weight excluding hydrogens is 424 g/mol. The lowest BCUT2D eigenvalue weighted by atomic mass is 10.0. The van der Waals surface area contributed by atoms with E-state index in [4.69, 9.17) is 8.94 Å². The first kappa shape index (κ1) is 22.8. The first-order valence-corrected chi connectivity index (χ1v) is 11.3. The van der Waals surface area contributed by atoms with Crippen molar-refractivity contribution in [1.29, 1.82) is 0 Å². The number of hydrogen-bond acceptors (Lipinski definition) is 7. The maximum Gasteiger partial charge on any atom is 0.276 e. The Kier molecular flexibility index (Phi) is 6.62. The van der Waals surface area contributed by atoms with Gasteiger partial charge in [0.2, 0.25) is 0 Å². The van der Waals surface area contributed by atoms with Crippen LogP contribution < -0.4 is 5.32 Å². The molecule has 3 aromatic rings. The second-order valence-corrected chi connectivity index (χ2v) is 9.15. The molecule has 10 nitrogen and oxygen atoms in total. The summed E-state index contributed by atoms with van der Waals surface area (Å²) in [6.07, 6.45) is 4.19. The van der Waals surface area contributed by atoms with E-state index >= 15 is 0 Å². The molecule has 1 aliphatic rings. The van der Waals surface area contributed by atoms with Crippen molar-refractivity contribution in [3.8, 4) is 0 Å². The molecule has 2 amide bonds. The second-order valence-electron chi connectivity index (χ2n) is 9.15. The molecule has 0 saturated heterocycles. The molecular formula is C23H30N6O4. The SMILES string of the molecule is CC(C)Cc1cc(C(=O)N2CCc3nnc([C@H](NC(=O)c4ccoc4)C(C)C)n3CC2)no1. The summed E-state index contributed by atoms with van der Waals surface area (Å²) in [6.45, 7) is 9.76. The summed E-state index contributed by atoms with van der Waals surface area (Å²) in [4.78, 5) is 27.4. The summed E-state index contributed by atoms with van der Waals surface area (Å²) in [5.41, 5.74) is 0.786. The van der Waals surface area contributed by atoms with E-state index in [0.29, 0.717) is 49.1 Å². The predicted octanol–water partition coefficient (Wildman–Crippen LogP) is 2.88. The smallest absolute Gasteiger partial charge is 0.276 e. The number of aromatic nitrogens is 4. The molecule has 10 heteroatoms. The highest BCUT2D eigenvalue weighted by Crippen LogP contribution is 2.23. The largest absolute Gasteiger partial charge is 0.472 e. The Labute approximate surface area is 192 Å². The third-order valence-electron chi connectivity index (χ3n) is 5.74. The molecule has 0 aliphatic carbocycles. The summed E-state index contributed by atoms with van der Waals surface area (Å²) >= 11 is 0. The molecule has 0 spiro atoms. The fourth-order valence-corrected chi connectivity index (χ4v) is 4.00. The number of furan rings is 1. The number of carbonyl (C=O) groups excluding carboxylic acids is 2. The number of amides is 2. The summed E-state index contributed by atoms with van der Waals surface area (Å²) in [7, 11) is 0. The highest BCUT2D eigenvalue weighted by molar-refractivity contribution is 5.94. The Morgan fingerprint density at radius 1 is 1.15 bits per heavy atom. The van der Waals surface area contributed by atoms with Crippen LogP contribution in [-0.4, -0.2) is 49.7 Å². The van der Waals surface area contributed by atoms with Gasteiger partial charge in [0.15, 0.2) is 11.5 Å². The van der Waals surface area contributed by atoms with E-state index in [9.17, 15) is 9.59 Å². The Morgan fingerprint density at radius 3 is 2.67 bits per heavy atom. The normalized spacial score (nSPS) is 14.9. The number of nitrogens with zero attached hydrogens (tertiary/aromatic N) is 5. The molecule has 0 aromatic carbocycles. The highest BCUT2D eigenvalue weighted by atomic mass is 16.5. The van der Waals surface area contributed by atoms with E-state index in [1.54, 1.807) is 17.0 Å². The lowest BCUT2D eigenvalue weighted by Crippen LogP contribution is -2.35. The zero-order chi connectivity index (χ0) is 23.5. The summed E-state index contributed by atoms with van der Waals surface area (Å²) < 4.78 is 12.4. The Morgan fingerprint density at radius 2 is 1.97 bits per heavy atom. The van der Waals surface area contributed by atoms with Crippen molar-refractivity contribution < 1.29 is 18.5 Å². The van der Waals surface area contributed by atoms with E-state index in [1.165, 1.54) is 12.5 Å². The van der Waals surface area contributed by atoms with E-state index in [0.717, 1.165) is 18.0 Å². The third-order valence-corrected chi connectivity index (χ3v) is 5.74. The van der Waals surface area contributed by atoms with Gasteiger partial charge in [0.25, 0.3) is 11.8 Å². The van der Waals surface area contributed by atoms with Crippen LogP contribution in [0.25, 0.3) is 0 Å². The van der Waals surface area contributed by atoms with Gasteiger partial charge in [0.1, 0.15) is 17.8 Å². The zero-order valence-electron chi connectivity index (χ0n) is 19.4. The van der Waals surface area contributed by atoms with Gasteiger partial charge in [0, 0.05) is 38.5 Å². The van der Waals surface area contributed by atoms with Gasteiger partial charge in [-0.2, -0.15) is 0 Å². The molecule has 1 aliphatic heterocycles. The monoisotopic (exact) mass is 454 g/mol. The number of fused-ring (bicyclic) bond motifs is 1. The predicted molar refractivity (Wildman–Crippen MR) is 118 cm³/mol. The van der Waals surface area contributed by atoms with Crippen molar-refractivity contribution in [1.82, 2.24) is 30.1 Å².